The van der Waals surface area contributed by atoms with Gasteiger partial charge in [-0.2, -0.15) is 0 Å². The quantitative estimate of drug-likeness (QED) is 0.107. The van der Waals surface area contributed by atoms with Crippen molar-refractivity contribution in [3.63, 3.8) is 0 Å². The van der Waals surface area contributed by atoms with Crippen molar-refractivity contribution in [2.45, 2.75) is 53.1 Å². The first-order valence-electron chi connectivity index (χ1n) is 14.4. The van der Waals surface area contributed by atoms with Crippen LogP contribution in [0.3, 0.4) is 0 Å². The summed E-state index contributed by atoms with van der Waals surface area (Å²) < 4.78 is 2.29. The Morgan fingerprint density at radius 2 is 1.52 bits per heavy atom. The van der Waals surface area contributed by atoms with E-state index >= 15 is 0 Å². The van der Waals surface area contributed by atoms with Crippen molar-refractivity contribution in [1.29, 1.82) is 0 Å². The van der Waals surface area contributed by atoms with Gasteiger partial charge in [-0.3, -0.25) is 15.0 Å². The molecule has 5 aromatic rings. The van der Waals surface area contributed by atoms with Crippen LogP contribution in [0.4, 0.5) is 0 Å². The normalized spacial score (nSPS) is 12.0. The van der Waals surface area contributed by atoms with Gasteiger partial charge in [0, 0.05) is 34.3 Å². The lowest BCUT2D eigenvalue weighted by atomic mass is 9.98. The zero-order valence-corrected chi connectivity index (χ0v) is 24.9. The first-order valence-corrected chi connectivity index (χ1v) is 14.4. The monoisotopic (exact) mass is 558 g/mol. The number of nitrogen functional groups attached to an aromatic ring is 1. The predicted octanol–water partition coefficient (Wildman–Crippen LogP) is 7.19. The molecule has 1 heterocycles. The molecule has 0 aliphatic carbocycles. The van der Waals surface area contributed by atoms with Gasteiger partial charge in [-0.05, 0) is 84.3 Å². The molecule has 1 aromatic heterocycles. The van der Waals surface area contributed by atoms with Crippen molar-refractivity contribution < 1.29 is 9.59 Å². The van der Waals surface area contributed by atoms with E-state index in [9.17, 15) is 9.59 Å². The maximum absolute atomic E-state index is 13.3. The molecule has 0 fully saturated rings. The molecule has 5 rings (SSSR count). The minimum atomic E-state index is -0.317. The second kappa shape index (κ2) is 12.0. The Labute approximate surface area is 247 Å². The lowest BCUT2D eigenvalue weighted by Gasteiger charge is -2.16. The molecule has 0 aliphatic rings. The molecule has 0 aliphatic heterocycles. The summed E-state index contributed by atoms with van der Waals surface area (Å²) in [5.74, 6) is 5.42. The molecule has 0 saturated heterocycles. The van der Waals surface area contributed by atoms with E-state index in [1.807, 2.05) is 55.5 Å². The number of nitrogens with zero attached hydrogens (tertiary/aromatic N) is 1. The third-order valence-electron chi connectivity index (χ3n) is 8.23. The number of benzene rings is 4. The summed E-state index contributed by atoms with van der Waals surface area (Å²) in [6.07, 6.45) is 0. The summed E-state index contributed by atoms with van der Waals surface area (Å²) in [4.78, 5) is 25.5. The molecule has 4 N–H and O–H groups in total. The molecule has 2 amide bonds. The lowest BCUT2D eigenvalue weighted by molar-refractivity contribution is 0.0936. The highest BCUT2D eigenvalue weighted by atomic mass is 16.2. The molecule has 0 saturated carbocycles. The van der Waals surface area contributed by atoms with E-state index in [0.717, 1.165) is 44.4 Å². The highest BCUT2D eigenvalue weighted by Crippen LogP contribution is 2.29. The Bertz CT molecular complexity index is 1770. The Balaban J connectivity index is 1.37. The first-order chi connectivity index (χ1) is 20.2. The number of aryl methyl sites for hydroxylation is 1. The Hall–Kier alpha value is -4.68. The fourth-order valence-electron chi connectivity index (χ4n) is 5.53. The molecule has 42 heavy (non-hydrogen) atoms. The standard InChI is InChI=1S/C36H38N4O2/c1-22(2)28-9-8-10-29(19-28)24(4)38-35(41)30-17-18-34-33(20-30)23(3)25(5)40(34)21-26-13-15-27(16-14-26)31-11-6-7-12-32(31)36(42)39-37/h6-20,22,24H,21,37H2,1-5H3,(H,38,41)(H,39,42)/t24-/m0/s1. The number of carbonyl (C=O) groups is 2. The van der Waals surface area contributed by atoms with Gasteiger partial charge in [0.15, 0.2) is 0 Å². The molecule has 6 heteroatoms. The van der Waals surface area contributed by atoms with Gasteiger partial charge in [-0.1, -0.05) is 80.6 Å². The first kappa shape index (κ1) is 28.8. The summed E-state index contributed by atoms with van der Waals surface area (Å²) in [6, 6.07) is 30.0. The molecule has 0 unspecified atom stereocenters. The van der Waals surface area contributed by atoms with E-state index in [1.165, 1.54) is 5.56 Å². The molecular weight excluding hydrogens is 520 g/mol. The third-order valence-corrected chi connectivity index (χ3v) is 8.23. The van der Waals surface area contributed by atoms with Crippen molar-refractivity contribution in [3.8, 4) is 11.1 Å². The summed E-state index contributed by atoms with van der Waals surface area (Å²) in [5.41, 5.74) is 12.1. The summed E-state index contributed by atoms with van der Waals surface area (Å²) in [5, 5.41) is 4.26. The summed E-state index contributed by atoms with van der Waals surface area (Å²) >= 11 is 0. The average molecular weight is 559 g/mol. The number of rotatable bonds is 8. The van der Waals surface area contributed by atoms with E-state index in [2.05, 4.69) is 79.4 Å². The Kier molecular flexibility index (Phi) is 8.27. The van der Waals surface area contributed by atoms with Gasteiger partial charge in [0.2, 0.25) is 0 Å². The third kappa shape index (κ3) is 5.71. The number of hydrogen-bond donors (Lipinski definition) is 3. The molecule has 1 atom stereocenters. The van der Waals surface area contributed by atoms with Gasteiger partial charge in [0.25, 0.3) is 11.8 Å². The van der Waals surface area contributed by atoms with Crippen molar-refractivity contribution in [3.05, 3.63) is 130 Å². The number of carbonyl (C=O) groups excluding carboxylic acids is 2. The van der Waals surface area contributed by atoms with Crippen LogP contribution >= 0.6 is 0 Å². The average Bonchev–Trinajstić information content (AvgIpc) is 3.25. The largest absolute Gasteiger partial charge is 0.346 e. The van der Waals surface area contributed by atoms with Gasteiger partial charge in [-0.25, -0.2) is 5.84 Å². The second-order valence-electron chi connectivity index (χ2n) is 11.3. The minimum Gasteiger partial charge on any atom is -0.346 e. The number of aromatic nitrogens is 1. The zero-order chi connectivity index (χ0) is 30.0. The minimum absolute atomic E-state index is 0.0802. The van der Waals surface area contributed by atoms with Crippen LogP contribution < -0.4 is 16.6 Å². The lowest BCUT2D eigenvalue weighted by Crippen LogP contribution is -2.30. The smallest absolute Gasteiger partial charge is 0.265 e. The second-order valence-corrected chi connectivity index (χ2v) is 11.3. The molecule has 0 bridgehead atoms. The van der Waals surface area contributed by atoms with Crippen molar-refractivity contribution >= 4 is 22.7 Å². The Morgan fingerprint density at radius 1 is 0.810 bits per heavy atom. The zero-order valence-electron chi connectivity index (χ0n) is 24.9. The van der Waals surface area contributed by atoms with Gasteiger partial charge >= 0.3 is 0 Å². The molecular formula is C36H38N4O2. The van der Waals surface area contributed by atoms with Crippen LogP contribution in [0, 0.1) is 13.8 Å². The van der Waals surface area contributed by atoms with Crippen LogP contribution in [-0.4, -0.2) is 16.4 Å². The van der Waals surface area contributed by atoms with E-state index < -0.39 is 0 Å². The molecule has 0 radical (unpaired) electrons. The maximum atomic E-state index is 13.3. The van der Waals surface area contributed by atoms with Gasteiger partial charge < -0.3 is 9.88 Å². The number of hydrazine groups is 1. The SMILES string of the molecule is Cc1c(C)n(Cc2ccc(-c3ccccc3C(=O)NN)cc2)c2ccc(C(=O)N[C@@H](C)c3cccc(C(C)C)c3)cc12. The van der Waals surface area contributed by atoms with Gasteiger partial charge in [-0.15, -0.1) is 0 Å². The van der Waals surface area contributed by atoms with E-state index in [0.29, 0.717) is 23.6 Å². The van der Waals surface area contributed by atoms with E-state index in [-0.39, 0.29) is 17.9 Å². The van der Waals surface area contributed by atoms with E-state index in [1.54, 1.807) is 6.07 Å². The van der Waals surface area contributed by atoms with Gasteiger partial charge in [0.05, 0.1) is 6.04 Å². The van der Waals surface area contributed by atoms with Gasteiger partial charge in [0.1, 0.15) is 0 Å². The fourth-order valence-corrected chi connectivity index (χ4v) is 5.53. The van der Waals surface area contributed by atoms with E-state index in [4.69, 9.17) is 5.84 Å². The summed E-state index contributed by atoms with van der Waals surface area (Å²) in [7, 11) is 0. The molecule has 214 valence electrons. The van der Waals surface area contributed by atoms with Crippen LogP contribution in [0.1, 0.15) is 81.4 Å². The van der Waals surface area contributed by atoms with Crippen molar-refractivity contribution in [2.24, 2.45) is 5.84 Å². The van der Waals surface area contributed by atoms with Crippen LogP contribution in [0.2, 0.25) is 0 Å². The van der Waals surface area contributed by atoms with Crippen LogP contribution in [0.25, 0.3) is 22.0 Å². The highest BCUT2D eigenvalue weighted by molar-refractivity contribution is 6.01. The Morgan fingerprint density at radius 3 is 2.24 bits per heavy atom. The number of nitrogens with two attached hydrogens (primary N) is 1. The number of nitrogens with one attached hydrogen (secondary N) is 2. The number of fused-ring (bicyclic) bond motifs is 1. The van der Waals surface area contributed by atoms with Crippen LogP contribution in [-0.2, 0) is 6.54 Å². The number of amides is 2. The maximum Gasteiger partial charge on any atom is 0.265 e. The van der Waals surface area contributed by atoms with Crippen LogP contribution in [0.5, 0.6) is 0 Å². The number of hydrogen-bond acceptors (Lipinski definition) is 3. The van der Waals surface area contributed by atoms with Crippen molar-refractivity contribution in [2.75, 3.05) is 0 Å². The summed E-state index contributed by atoms with van der Waals surface area (Å²) in [6.45, 7) is 11.3. The molecule has 6 nitrogen and oxygen atoms in total. The molecule has 4 aromatic carbocycles. The topological polar surface area (TPSA) is 89.2 Å². The van der Waals surface area contributed by atoms with Crippen LogP contribution in [0.15, 0.2) is 91.0 Å². The van der Waals surface area contributed by atoms with Crippen molar-refractivity contribution in [1.82, 2.24) is 15.3 Å². The molecule has 0 spiro atoms. The fraction of sp³-hybridized carbons (Fsp3) is 0.222. The predicted molar refractivity (Wildman–Crippen MR) is 170 cm³/mol. The highest BCUT2D eigenvalue weighted by Gasteiger charge is 2.17.